The van der Waals surface area contributed by atoms with Crippen LogP contribution in [0.3, 0.4) is 0 Å². The summed E-state index contributed by atoms with van der Waals surface area (Å²) in [6.07, 6.45) is 1.70. The molecule has 0 atom stereocenters. The van der Waals surface area contributed by atoms with Crippen molar-refractivity contribution in [3.8, 4) is 0 Å². The molecule has 0 bridgehead atoms. The van der Waals surface area contributed by atoms with Crippen LogP contribution in [0, 0.1) is 6.92 Å². The van der Waals surface area contributed by atoms with Gasteiger partial charge in [-0.25, -0.2) is 5.43 Å². The summed E-state index contributed by atoms with van der Waals surface area (Å²) in [6, 6.07) is 17.0. The number of hydrogen-bond acceptors (Lipinski definition) is 4. The first-order chi connectivity index (χ1) is 14.0. The molecule has 0 spiro atoms. The maximum atomic E-state index is 12.2. The summed E-state index contributed by atoms with van der Waals surface area (Å²) in [5.41, 5.74) is 7.57. The van der Waals surface area contributed by atoms with E-state index in [-0.39, 0.29) is 5.91 Å². The van der Waals surface area contributed by atoms with E-state index in [1.807, 2.05) is 12.1 Å². The van der Waals surface area contributed by atoms with Crippen LogP contribution in [-0.4, -0.2) is 54.6 Å². The van der Waals surface area contributed by atoms with Gasteiger partial charge in [0.05, 0.1) is 12.8 Å². The van der Waals surface area contributed by atoms with Crippen molar-refractivity contribution in [1.82, 2.24) is 15.2 Å². The van der Waals surface area contributed by atoms with Crippen molar-refractivity contribution in [2.75, 3.05) is 32.7 Å². The average Bonchev–Trinajstić information content (AvgIpc) is 2.71. The van der Waals surface area contributed by atoms with Crippen LogP contribution < -0.4 is 5.43 Å². The molecule has 0 saturated carbocycles. The van der Waals surface area contributed by atoms with Crippen LogP contribution in [0.5, 0.6) is 0 Å². The lowest BCUT2D eigenvalue weighted by atomic mass is 10.0. The molecule has 0 radical (unpaired) electrons. The van der Waals surface area contributed by atoms with Crippen LogP contribution in [-0.2, 0) is 11.3 Å². The Kier molecular flexibility index (Phi) is 7.55. The molecule has 0 unspecified atom stereocenters. The van der Waals surface area contributed by atoms with Crippen molar-refractivity contribution < 1.29 is 4.79 Å². The molecule has 5 nitrogen and oxygen atoms in total. The molecule has 2 aromatic carbocycles. The van der Waals surface area contributed by atoms with Gasteiger partial charge in [-0.1, -0.05) is 67.9 Å². The van der Waals surface area contributed by atoms with Crippen molar-refractivity contribution in [3.05, 3.63) is 70.8 Å². The number of carbonyl (C=O) groups excluding carboxylic acids is 1. The molecule has 1 fully saturated rings. The predicted octanol–water partition coefficient (Wildman–Crippen LogP) is 3.39. The second kappa shape index (κ2) is 10.3. The lowest BCUT2D eigenvalue weighted by molar-refractivity contribution is -0.122. The van der Waals surface area contributed by atoms with Crippen molar-refractivity contribution in [2.45, 2.75) is 33.2 Å². The number of rotatable bonds is 7. The largest absolute Gasteiger partial charge is 0.297 e. The highest BCUT2D eigenvalue weighted by atomic mass is 16.2. The van der Waals surface area contributed by atoms with E-state index >= 15 is 0 Å². The minimum Gasteiger partial charge on any atom is -0.297 e. The Bertz CT molecular complexity index is 804. The third-order valence-electron chi connectivity index (χ3n) is 5.36. The predicted molar refractivity (Wildman–Crippen MR) is 119 cm³/mol. The Morgan fingerprint density at radius 3 is 2.24 bits per heavy atom. The van der Waals surface area contributed by atoms with Gasteiger partial charge in [-0.15, -0.1) is 0 Å². The number of piperazine rings is 1. The summed E-state index contributed by atoms with van der Waals surface area (Å²) < 4.78 is 0. The van der Waals surface area contributed by atoms with Gasteiger partial charge < -0.3 is 0 Å². The van der Waals surface area contributed by atoms with Crippen molar-refractivity contribution in [1.29, 1.82) is 0 Å². The van der Waals surface area contributed by atoms with Gasteiger partial charge in [0.25, 0.3) is 5.91 Å². The molecule has 3 rings (SSSR count). The number of amides is 1. The third-order valence-corrected chi connectivity index (χ3v) is 5.36. The lowest BCUT2D eigenvalue weighted by Crippen LogP contribution is -2.48. The number of aryl methyl sites for hydroxylation is 1. The number of carbonyl (C=O) groups is 1. The normalized spacial score (nSPS) is 15.9. The Hall–Kier alpha value is -2.50. The van der Waals surface area contributed by atoms with Gasteiger partial charge in [0.15, 0.2) is 0 Å². The van der Waals surface area contributed by atoms with E-state index in [0.29, 0.717) is 12.5 Å². The summed E-state index contributed by atoms with van der Waals surface area (Å²) in [4.78, 5) is 16.8. The molecule has 0 aliphatic carbocycles. The summed E-state index contributed by atoms with van der Waals surface area (Å²) in [5.74, 6) is 0.449. The van der Waals surface area contributed by atoms with E-state index in [0.717, 1.165) is 38.3 Å². The van der Waals surface area contributed by atoms with Crippen molar-refractivity contribution in [3.63, 3.8) is 0 Å². The zero-order chi connectivity index (χ0) is 20.6. The smallest absolute Gasteiger partial charge is 0.254 e. The first-order valence-electron chi connectivity index (χ1n) is 10.4. The maximum Gasteiger partial charge on any atom is 0.254 e. The monoisotopic (exact) mass is 392 g/mol. The van der Waals surface area contributed by atoms with Crippen LogP contribution in [0.25, 0.3) is 0 Å². The maximum absolute atomic E-state index is 12.2. The van der Waals surface area contributed by atoms with Crippen LogP contribution in [0.1, 0.15) is 42.0 Å². The third kappa shape index (κ3) is 6.80. The molecule has 1 amide bonds. The van der Waals surface area contributed by atoms with Gasteiger partial charge in [-0.3, -0.25) is 14.6 Å². The second-order valence-corrected chi connectivity index (χ2v) is 8.15. The van der Waals surface area contributed by atoms with E-state index in [2.05, 4.69) is 77.5 Å². The highest BCUT2D eigenvalue weighted by Crippen LogP contribution is 2.14. The number of benzene rings is 2. The molecule has 5 heteroatoms. The topological polar surface area (TPSA) is 47.9 Å². The van der Waals surface area contributed by atoms with Crippen molar-refractivity contribution in [2.24, 2.45) is 5.10 Å². The molecule has 2 aromatic rings. The van der Waals surface area contributed by atoms with Gasteiger partial charge >= 0.3 is 0 Å². The van der Waals surface area contributed by atoms with Gasteiger partial charge in [-0.2, -0.15) is 5.10 Å². The molecule has 1 aliphatic heterocycles. The lowest BCUT2D eigenvalue weighted by Gasteiger charge is -2.34. The van der Waals surface area contributed by atoms with Crippen molar-refractivity contribution >= 4 is 12.1 Å². The summed E-state index contributed by atoms with van der Waals surface area (Å²) in [6.45, 7) is 11.6. The van der Waals surface area contributed by atoms with Crippen LogP contribution in [0.2, 0.25) is 0 Å². The van der Waals surface area contributed by atoms with Gasteiger partial charge in [0.2, 0.25) is 0 Å². The Balaban J connectivity index is 1.37. The molecule has 1 saturated heterocycles. The average molecular weight is 393 g/mol. The molecular formula is C24H32N4O. The fraction of sp³-hybridized carbons (Fsp3) is 0.417. The zero-order valence-corrected chi connectivity index (χ0v) is 17.8. The molecule has 154 valence electrons. The minimum atomic E-state index is -0.0629. The summed E-state index contributed by atoms with van der Waals surface area (Å²) in [7, 11) is 0. The SMILES string of the molecule is Cc1ccc(CN2CCN(CC(=O)N/N=C/c3ccc(C(C)C)cc3)CC2)cc1. The number of nitrogens with zero attached hydrogens (tertiary/aromatic N) is 3. The van der Waals surface area contributed by atoms with Crippen LogP contribution in [0.15, 0.2) is 53.6 Å². The van der Waals surface area contributed by atoms with E-state index in [4.69, 9.17) is 0 Å². The van der Waals surface area contributed by atoms with Gasteiger partial charge in [-0.05, 0) is 29.5 Å². The fourth-order valence-electron chi connectivity index (χ4n) is 3.44. The molecular weight excluding hydrogens is 360 g/mol. The molecule has 29 heavy (non-hydrogen) atoms. The summed E-state index contributed by atoms with van der Waals surface area (Å²) in [5, 5.41) is 4.10. The highest BCUT2D eigenvalue weighted by Gasteiger charge is 2.18. The highest BCUT2D eigenvalue weighted by molar-refractivity contribution is 5.83. The molecule has 1 N–H and O–H groups in total. The quantitative estimate of drug-likeness (QED) is 0.580. The number of nitrogens with one attached hydrogen (secondary N) is 1. The standard InChI is InChI=1S/C24H32N4O/c1-19(2)23-10-8-21(9-11-23)16-25-26-24(29)18-28-14-12-27(13-15-28)17-22-6-4-20(3)5-7-22/h4-11,16,19H,12-15,17-18H2,1-3H3,(H,26,29)/b25-16+. The Morgan fingerprint density at radius 1 is 1.00 bits per heavy atom. The van der Waals surface area contributed by atoms with E-state index in [9.17, 15) is 4.79 Å². The Labute approximate surface area is 174 Å². The number of hydrazone groups is 1. The van der Waals surface area contributed by atoms with Gasteiger partial charge in [0.1, 0.15) is 0 Å². The van der Waals surface area contributed by atoms with E-state index in [1.54, 1.807) is 6.21 Å². The fourth-order valence-corrected chi connectivity index (χ4v) is 3.44. The Morgan fingerprint density at radius 2 is 1.62 bits per heavy atom. The summed E-state index contributed by atoms with van der Waals surface area (Å²) >= 11 is 0. The van der Waals surface area contributed by atoms with E-state index < -0.39 is 0 Å². The first-order valence-corrected chi connectivity index (χ1v) is 10.4. The molecule has 0 aromatic heterocycles. The van der Waals surface area contributed by atoms with Crippen LogP contribution in [0.4, 0.5) is 0 Å². The van der Waals surface area contributed by atoms with Gasteiger partial charge in [0, 0.05) is 32.7 Å². The molecule has 1 heterocycles. The first kappa shape index (κ1) is 21.2. The second-order valence-electron chi connectivity index (χ2n) is 8.15. The van der Waals surface area contributed by atoms with Crippen LogP contribution >= 0.6 is 0 Å². The van der Waals surface area contributed by atoms with E-state index in [1.165, 1.54) is 16.7 Å². The zero-order valence-electron chi connectivity index (χ0n) is 17.8. The number of hydrogen-bond donors (Lipinski definition) is 1. The minimum absolute atomic E-state index is 0.0629. The molecule has 1 aliphatic rings.